The van der Waals surface area contributed by atoms with Gasteiger partial charge in [0.25, 0.3) is 0 Å². The van der Waals surface area contributed by atoms with Crippen LogP contribution in [0, 0.1) is 0 Å². The SMILES string of the molecule is O.O.O.O=C([O-])C(O)C(O)C(=O)[O-].[K+].[O-2].[Sb+3]. The zero-order valence-electron chi connectivity index (χ0n) is 8.04. The zero-order valence-corrected chi connectivity index (χ0v) is 13.7. The molecule has 0 aromatic rings. The molecule has 0 amide bonds. The number of carboxylic acid groups (broad SMARTS) is 2. The first-order valence-electron chi connectivity index (χ1n) is 2.24. The van der Waals surface area contributed by atoms with E-state index in [1.54, 1.807) is 0 Å². The van der Waals surface area contributed by atoms with Crippen molar-refractivity contribution >= 4 is 36.4 Å². The molecule has 0 aliphatic heterocycles. The summed E-state index contributed by atoms with van der Waals surface area (Å²) in [5.41, 5.74) is 0. The van der Waals surface area contributed by atoms with Gasteiger partial charge < -0.3 is 51.9 Å². The molecule has 8 N–H and O–H groups in total. The van der Waals surface area contributed by atoms with Crippen LogP contribution >= 0.6 is 0 Å². The van der Waals surface area contributed by atoms with Crippen molar-refractivity contribution in [2.45, 2.75) is 12.2 Å². The fourth-order valence-corrected chi connectivity index (χ4v) is 0.258. The first kappa shape index (κ1) is 43.4. The predicted octanol–water partition coefficient (Wildman–Crippen LogP) is -10.8. The Balaban J connectivity index is -0.0000000270. The van der Waals surface area contributed by atoms with E-state index in [4.69, 9.17) is 10.2 Å². The summed E-state index contributed by atoms with van der Waals surface area (Å²) in [7, 11) is 0. The van der Waals surface area contributed by atoms with Crippen LogP contribution < -0.4 is 61.6 Å². The smallest absolute Gasteiger partial charge is 2.00 e. The van der Waals surface area contributed by atoms with E-state index in [1.807, 2.05) is 0 Å². The number of carbonyl (C=O) groups is 2. The summed E-state index contributed by atoms with van der Waals surface area (Å²) >= 11 is 0. The van der Waals surface area contributed by atoms with Crippen molar-refractivity contribution in [2.75, 3.05) is 0 Å². The minimum absolute atomic E-state index is 0. The summed E-state index contributed by atoms with van der Waals surface area (Å²) < 4.78 is 0. The predicted molar refractivity (Wildman–Crippen MR) is 39.3 cm³/mol. The fourth-order valence-electron chi connectivity index (χ4n) is 0.258. The number of carbonyl (C=O) groups excluding carboxylic acids is 2. The summed E-state index contributed by atoms with van der Waals surface area (Å²) in [6, 6.07) is 0. The number of aliphatic hydroxyl groups is 2. The fraction of sp³-hybridized carbons (Fsp3) is 0.500. The maximum atomic E-state index is 9.63. The third-order valence-electron chi connectivity index (χ3n) is 0.782. The van der Waals surface area contributed by atoms with Crippen LogP contribution in [0.5, 0.6) is 0 Å². The molecule has 0 fully saturated rings. The second-order valence-electron chi connectivity index (χ2n) is 1.53. The molecule has 0 rings (SSSR count). The second-order valence-corrected chi connectivity index (χ2v) is 1.53. The molecule has 0 aliphatic carbocycles. The third-order valence-corrected chi connectivity index (χ3v) is 0.782. The Morgan fingerprint density at radius 2 is 1.00 bits per heavy atom. The van der Waals surface area contributed by atoms with Gasteiger partial charge in [-0.2, -0.15) is 0 Å². The summed E-state index contributed by atoms with van der Waals surface area (Å²) in [6.45, 7) is 0. The first-order valence-corrected chi connectivity index (χ1v) is 2.24. The van der Waals surface area contributed by atoms with Gasteiger partial charge in [-0.25, -0.2) is 0 Å². The summed E-state index contributed by atoms with van der Waals surface area (Å²) in [6.07, 6.45) is -4.88. The maximum Gasteiger partial charge on any atom is 3.00 e. The van der Waals surface area contributed by atoms with Gasteiger partial charge in [0.05, 0.1) is 11.9 Å². The Kier molecular flexibility index (Phi) is 58.2. The summed E-state index contributed by atoms with van der Waals surface area (Å²) in [5, 5.41) is 35.7. The van der Waals surface area contributed by atoms with E-state index in [1.165, 1.54) is 0 Å². The average molecular weight is 379 g/mol. The van der Waals surface area contributed by atoms with Crippen molar-refractivity contribution in [3.63, 3.8) is 0 Å². The van der Waals surface area contributed by atoms with Gasteiger partial charge in [-0.05, 0) is 0 Å². The summed E-state index contributed by atoms with van der Waals surface area (Å²) in [5.74, 6) is -4.12. The molecular weight excluding hydrogens is 369 g/mol. The van der Waals surface area contributed by atoms with Gasteiger partial charge in [-0.3, -0.25) is 0 Å². The van der Waals surface area contributed by atoms with Crippen LogP contribution in [0.15, 0.2) is 0 Å². The number of hydrogen-bond acceptors (Lipinski definition) is 6. The van der Waals surface area contributed by atoms with Gasteiger partial charge in [-0.15, -0.1) is 0 Å². The Bertz CT molecular complexity index is 147. The van der Waals surface area contributed by atoms with Crippen LogP contribution in [-0.2, 0) is 15.1 Å². The minimum Gasteiger partial charge on any atom is -2.00 e. The molecule has 0 bridgehead atoms. The van der Waals surface area contributed by atoms with Crippen molar-refractivity contribution in [2.24, 2.45) is 0 Å². The maximum absolute atomic E-state index is 9.63. The van der Waals surface area contributed by atoms with Crippen LogP contribution in [-0.4, -0.2) is 75.2 Å². The molecule has 0 spiro atoms. The van der Waals surface area contributed by atoms with Gasteiger partial charge in [0.1, 0.15) is 12.2 Å². The van der Waals surface area contributed by atoms with Crippen LogP contribution in [0.4, 0.5) is 0 Å². The molecule has 10 nitrogen and oxygen atoms in total. The molecule has 12 heteroatoms. The Morgan fingerprint density at radius 1 is 0.875 bits per heavy atom. The van der Waals surface area contributed by atoms with Crippen molar-refractivity contribution in [1.82, 2.24) is 0 Å². The van der Waals surface area contributed by atoms with Crippen molar-refractivity contribution in [3.8, 4) is 0 Å². The van der Waals surface area contributed by atoms with Crippen LogP contribution in [0.1, 0.15) is 0 Å². The van der Waals surface area contributed by atoms with Gasteiger partial charge >= 0.3 is 75.8 Å². The Morgan fingerprint density at radius 3 is 1.06 bits per heavy atom. The second kappa shape index (κ2) is 21.4. The van der Waals surface area contributed by atoms with E-state index < -0.39 is 24.1 Å². The quantitative estimate of drug-likeness (QED) is 0.450. The molecule has 0 saturated carbocycles. The molecule has 2 radical (unpaired) electrons. The first-order chi connectivity index (χ1) is 4.46. The van der Waals surface area contributed by atoms with Crippen LogP contribution in [0.2, 0.25) is 0 Å². The van der Waals surface area contributed by atoms with Gasteiger partial charge in [0.2, 0.25) is 0 Å². The topological polar surface area (TPSA) is 244 Å². The molecule has 0 aromatic heterocycles. The molecule has 92 valence electrons. The Hall–Kier alpha value is 1.15. The van der Waals surface area contributed by atoms with Gasteiger partial charge in [0.15, 0.2) is 0 Å². The van der Waals surface area contributed by atoms with E-state index >= 15 is 0 Å². The van der Waals surface area contributed by atoms with E-state index in [0.29, 0.717) is 0 Å². The van der Waals surface area contributed by atoms with E-state index in [0.717, 1.165) is 0 Å². The third kappa shape index (κ3) is 17.5. The van der Waals surface area contributed by atoms with Crippen LogP contribution in [0.25, 0.3) is 0 Å². The van der Waals surface area contributed by atoms with Crippen LogP contribution in [0.3, 0.4) is 0 Å². The normalized spacial score (nSPS) is 9.88. The number of aliphatic hydroxyl groups excluding tert-OH is 2. The average Bonchev–Trinajstić information content (AvgIpc) is 1.84. The van der Waals surface area contributed by atoms with Crippen molar-refractivity contribution in [1.29, 1.82) is 0 Å². The zero-order chi connectivity index (χ0) is 8.31. The molecule has 16 heavy (non-hydrogen) atoms. The number of rotatable bonds is 3. The minimum atomic E-state index is -2.44. The standard InChI is InChI=1S/C4H6O6.K.3H2O.O.Sb/c5-1(3(7)8)2(6)4(9)10;;;;;;/h1-2,5-6H,(H,7,8)(H,9,10);;3*1H2;;/q;+1;;;;-2;+3/p-2. The molecule has 2 atom stereocenters. The number of carboxylic acids is 2. The molecule has 0 heterocycles. The van der Waals surface area contributed by atoms with Gasteiger partial charge in [0, 0.05) is 0 Å². The molecular formula is C4H10KO10Sb. The van der Waals surface area contributed by atoms with Gasteiger partial charge in [-0.1, -0.05) is 0 Å². The largest absolute Gasteiger partial charge is 3.00 e. The van der Waals surface area contributed by atoms with Crippen molar-refractivity contribution in [3.05, 3.63) is 0 Å². The van der Waals surface area contributed by atoms with E-state index in [2.05, 4.69) is 0 Å². The monoisotopic (exact) mass is 378 g/mol. The number of hydrogen-bond donors (Lipinski definition) is 2. The summed E-state index contributed by atoms with van der Waals surface area (Å²) in [4.78, 5) is 19.3. The molecule has 0 aliphatic rings. The Labute approximate surface area is 150 Å². The van der Waals surface area contributed by atoms with Crippen molar-refractivity contribution < 1.29 is 103 Å². The molecule has 0 saturated heterocycles. The van der Waals surface area contributed by atoms with E-state index in [-0.39, 0.29) is 97.7 Å². The van der Waals surface area contributed by atoms with E-state index in [9.17, 15) is 19.8 Å². The molecule has 2 unspecified atom stereocenters. The molecule has 0 aromatic carbocycles. The number of aliphatic carboxylic acids is 2.